The minimum atomic E-state index is -0.383. The minimum absolute atomic E-state index is 0.221. The zero-order chi connectivity index (χ0) is 20.4. The van der Waals surface area contributed by atoms with E-state index in [1.807, 2.05) is 54.6 Å². The quantitative estimate of drug-likeness (QED) is 0.577. The largest absolute Gasteiger partial charge is 0.465 e. The number of esters is 1. The van der Waals surface area contributed by atoms with Gasteiger partial charge in [-0.05, 0) is 54.0 Å². The molecule has 148 valence electrons. The highest BCUT2D eigenvalue weighted by atomic mass is 32.1. The van der Waals surface area contributed by atoms with E-state index in [2.05, 4.69) is 12.2 Å². The fraction of sp³-hybridized carbons (Fsp3) is 0.250. The van der Waals surface area contributed by atoms with Crippen LogP contribution in [0.25, 0.3) is 11.1 Å². The molecule has 0 fully saturated rings. The molecule has 0 aliphatic heterocycles. The number of nitrogens with one attached hydrogen (secondary N) is 1. The predicted octanol–water partition coefficient (Wildman–Crippen LogP) is 5.58. The molecule has 0 bridgehead atoms. The Bertz CT molecular complexity index is 1040. The number of carbonyl (C=O) groups is 2. The molecule has 0 radical (unpaired) electrons. The molecule has 0 spiro atoms. The van der Waals surface area contributed by atoms with Crippen molar-refractivity contribution >= 4 is 28.2 Å². The van der Waals surface area contributed by atoms with Gasteiger partial charge < -0.3 is 10.1 Å². The predicted molar refractivity (Wildman–Crippen MR) is 117 cm³/mol. The molecule has 1 aliphatic rings. The summed E-state index contributed by atoms with van der Waals surface area (Å²) in [6.07, 6.45) is 2.83. The lowest BCUT2D eigenvalue weighted by Crippen LogP contribution is -2.16. The molecule has 1 N–H and O–H groups in total. The van der Waals surface area contributed by atoms with Gasteiger partial charge >= 0.3 is 5.97 Å². The maximum atomic E-state index is 12.8. The van der Waals surface area contributed by atoms with Crippen molar-refractivity contribution in [1.82, 2.24) is 0 Å². The molecule has 3 aromatic rings. The zero-order valence-corrected chi connectivity index (χ0v) is 17.3. The lowest BCUT2D eigenvalue weighted by atomic mass is 9.88. The Labute approximate surface area is 174 Å². The van der Waals surface area contributed by atoms with Crippen LogP contribution >= 0.6 is 11.3 Å². The summed E-state index contributed by atoms with van der Waals surface area (Å²) in [5.74, 6) is -0.0195. The monoisotopic (exact) mass is 405 g/mol. The Hall–Kier alpha value is -2.92. The average Bonchev–Trinajstić information content (AvgIpc) is 3.10. The number of thiophene rings is 1. The molecule has 2 aromatic carbocycles. The Morgan fingerprint density at radius 3 is 2.41 bits per heavy atom. The van der Waals surface area contributed by atoms with Gasteiger partial charge in [-0.15, -0.1) is 11.3 Å². The molecule has 1 atom stereocenters. The molecule has 5 heteroatoms. The van der Waals surface area contributed by atoms with Crippen molar-refractivity contribution in [3.8, 4) is 11.1 Å². The Morgan fingerprint density at radius 2 is 1.72 bits per heavy atom. The van der Waals surface area contributed by atoms with Crippen LogP contribution in [0.2, 0.25) is 0 Å². The fourth-order valence-corrected chi connectivity index (χ4v) is 5.17. The van der Waals surface area contributed by atoms with Crippen LogP contribution < -0.4 is 5.32 Å². The SMILES string of the molecule is COC(=O)c1c(NC(=O)c2ccc(-c3ccccc3)cc2)sc2c1CC[C@@H](C)C2. The lowest BCUT2D eigenvalue weighted by molar-refractivity contribution is 0.0601. The third kappa shape index (κ3) is 3.96. The van der Waals surface area contributed by atoms with Crippen molar-refractivity contribution in [2.75, 3.05) is 12.4 Å². The Balaban J connectivity index is 1.59. The van der Waals surface area contributed by atoms with Crippen LogP contribution in [-0.2, 0) is 17.6 Å². The molecule has 1 aliphatic carbocycles. The fourth-order valence-electron chi connectivity index (χ4n) is 3.78. The van der Waals surface area contributed by atoms with Gasteiger partial charge in [0.1, 0.15) is 5.00 Å². The van der Waals surface area contributed by atoms with E-state index in [9.17, 15) is 9.59 Å². The molecule has 4 rings (SSSR count). The van der Waals surface area contributed by atoms with Crippen molar-refractivity contribution in [1.29, 1.82) is 0 Å². The van der Waals surface area contributed by atoms with E-state index < -0.39 is 0 Å². The maximum absolute atomic E-state index is 12.8. The van der Waals surface area contributed by atoms with Gasteiger partial charge in [0.15, 0.2) is 0 Å². The van der Waals surface area contributed by atoms with Crippen molar-refractivity contribution in [2.24, 2.45) is 5.92 Å². The molecule has 1 aromatic heterocycles. The van der Waals surface area contributed by atoms with Gasteiger partial charge in [0, 0.05) is 10.4 Å². The summed E-state index contributed by atoms with van der Waals surface area (Å²) in [5.41, 5.74) is 4.27. The van der Waals surface area contributed by atoms with Gasteiger partial charge in [-0.1, -0.05) is 49.4 Å². The summed E-state index contributed by atoms with van der Waals surface area (Å²) in [7, 11) is 1.38. The van der Waals surface area contributed by atoms with Gasteiger partial charge in [-0.3, -0.25) is 4.79 Å². The molecule has 0 saturated heterocycles. The second kappa shape index (κ2) is 8.21. The molecule has 1 amide bonds. The Morgan fingerprint density at radius 1 is 1.03 bits per heavy atom. The minimum Gasteiger partial charge on any atom is -0.465 e. The van der Waals surface area contributed by atoms with Crippen LogP contribution in [0.3, 0.4) is 0 Å². The van der Waals surface area contributed by atoms with Gasteiger partial charge in [-0.25, -0.2) is 4.79 Å². The number of ether oxygens (including phenoxy) is 1. The van der Waals surface area contributed by atoms with E-state index in [1.165, 1.54) is 23.3 Å². The van der Waals surface area contributed by atoms with E-state index >= 15 is 0 Å². The highest BCUT2D eigenvalue weighted by Gasteiger charge is 2.29. The van der Waals surface area contributed by atoms with Crippen LogP contribution in [0.5, 0.6) is 0 Å². The number of amides is 1. The number of hydrogen-bond donors (Lipinski definition) is 1. The number of carbonyl (C=O) groups excluding carboxylic acids is 2. The summed E-state index contributed by atoms with van der Waals surface area (Å²) in [6, 6.07) is 17.5. The van der Waals surface area contributed by atoms with E-state index in [0.29, 0.717) is 22.0 Å². The van der Waals surface area contributed by atoms with Crippen molar-refractivity contribution in [2.45, 2.75) is 26.2 Å². The summed E-state index contributed by atoms with van der Waals surface area (Å²) in [5, 5.41) is 3.54. The molecule has 0 unspecified atom stereocenters. The number of fused-ring (bicyclic) bond motifs is 1. The average molecular weight is 406 g/mol. The van der Waals surface area contributed by atoms with Crippen LogP contribution in [0.15, 0.2) is 54.6 Å². The first kappa shape index (κ1) is 19.4. The van der Waals surface area contributed by atoms with E-state index in [4.69, 9.17) is 4.74 Å². The highest BCUT2D eigenvalue weighted by molar-refractivity contribution is 7.17. The van der Waals surface area contributed by atoms with Gasteiger partial charge in [-0.2, -0.15) is 0 Å². The van der Waals surface area contributed by atoms with E-state index in [-0.39, 0.29) is 11.9 Å². The topological polar surface area (TPSA) is 55.4 Å². The first-order chi connectivity index (χ1) is 14.1. The van der Waals surface area contributed by atoms with E-state index in [0.717, 1.165) is 36.0 Å². The molecule has 1 heterocycles. The standard InChI is InChI=1S/C24H23NO3S/c1-15-8-13-19-20(14-15)29-23(21(19)24(27)28-2)25-22(26)18-11-9-17(10-12-18)16-6-4-3-5-7-16/h3-7,9-12,15H,8,13-14H2,1-2H3,(H,25,26)/t15-/m1/s1. The number of benzene rings is 2. The second-order valence-corrected chi connectivity index (χ2v) is 8.55. The van der Waals surface area contributed by atoms with Gasteiger partial charge in [0.05, 0.1) is 12.7 Å². The molecular weight excluding hydrogens is 382 g/mol. The smallest absolute Gasteiger partial charge is 0.341 e. The Kier molecular flexibility index (Phi) is 5.49. The van der Waals surface area contributed by atoms with Crippen LogP contribution in [0.4, 0.5) is 5.00 Å². The lowest BCUT2D eigenvalue weighted by Gasteiger charge is -2.18. The summed E-state index contributed by atoms with van der Waals surface area (Å²) in [4.78, 5) is 26.4. The number of methoxy groups -OCH3 is 1. The van der Waals surface area contributed by atoms with Crippen LogP contribution in [0.1, 0.15) is 44.5 Å². The van der Waals surface area contributed by atoms with Crippen molar-refractivity contribution < 1.29 is 14.3 Å². The number of hydrogen-bond acceptors (Lipinski definition) is 4. The highest BCUT2D eigenvalue weighted by Crippen LogP contribution is 2.40. The molecule has 0 saturated carbocycles. The summed E-state index contributed by atoms with van der Waals surface area (Å²) < 4.78 is 5.00. The molecule has 4 nitrogen and oxygen atoms in total. The zero-order valence-electron chi connectivity index (χ0n) is 16.5. The van der Waals surface area contributed by atoms with E-state index in [1.54, 1.807) is 0 Å². The second-order valence-electron chi connectivity index (χ2n) is 7.44. The van der Waals surface area contributed by atoms with Crippen molar-refractivity contribution in [3.05, 3.63) is 76.2 Å². The summed E-state index contributed by atoms with van der Waals surface area (Å²) >= 11 is 1.50. The van der Waals surface area contributed by atoms with Crippen LogP contribution in [-0.4, -0.2) is 19.0 Å². The molecular formula is C24H23NO3S. The number of rotatable bonds is 4. The number of anilines is 1. The summed E-state index contributed by atoms with van der Waals surface area (Å²) in [6.45, 7) is 2.22. The third-order valence-electron chi connectivity index (χ3n) is 5.38. The van der Waals surface area contributed by atoms with Crippen molar-refractivity contribution in [3.63, 3.8) is 0 Å². The van der Waals surface area contributed by atoms with Gasteiger partial charge in [0.25, 0.3) is 5.91 Å². The first-order valence-electron chi connectivity index (χ1n) is 9.76. The van der Waals surface area contributed by atoms with Gasteiger partial charge in [0.2, 0.25) is 0 Å². The van der Waals surface area contributed by atoms with Crippen LogP contribution in [0, 0.1) is 5.92 Å². The molecule has 29 heavy (non-hydrogen) atoms. The normalized spacial score (nSPS) is 15.4. The third-order valence-corrected chi connectivity index (χ3v) is 6.55. The maximum Gasteiger partial charge on any atom is 0.341 e. The first-order valence-corrected chi connectivity index (χ1v) is 10.6.